The van der Waals surface area contributed by atoms with Gasteiger partial charge in [-0.1, -0.05) is 13.8 Å². The zero-order chi connectivity index (χ0) is 12.4. The Labute approximate surface area is 105 Å². The molecule has 17 heavy (non-hydrogen) atoms. The van der Waals surface area contributed by atoms with Crippen molar-refractivity contribution < 1.29 is 9.90 Å². The number of rotatable bonds is 3. The molecular weight excluding hydrogens is 236 g/mol. The molecule has 0 spiro atoms. The molecule has 2 rings (SSSR count). The highest BCUT2D eigenvalue weighted by molar-refractivity contribution is 7.11. The largest absolute Gasteiger partial charge is 0.476 e. The zero-order valence-electron chi connectivity index (χ0n) is 10.2. The number of aromatic carboxylic acids is 1. The predicted molar refractivity (Wildman–Crippen MR) is 67.3 cm³/mol. The first-order valence-electron chi connectivity index (χ1n) is 5.94. The number of thiazole rings is 1. The van der Waals surface area contributed by atoms with E-state index in [-0.39, 0.29) is 5.01 Å². The van der Waals surface area contributed by atoms with E-state index in [9.17, 15) is 4.79 Å². The summed E-state index contributed by atoms with van der Waals surface area (Å²) in [4.78, 5) is 17.3. The summed E-state index contributed by atoms with van der Waals surface area (Å²) in [5.41, 5.74) is 0.883. The van der Waals surface area contributed by atoms with Crippen molar-refractivity contribution in [2.45, 2.75) is 26.8 Å². The smallest absolute Gasteiger partial charge is 0.365 e. The maximum absolute atomic E-state index is 10.7. The standard InChI is InChI=1S/C12H18N2O2S/c1-8-3-9(2)5-14(4-8)6-10-7-17-11(13-10)12(15)16/h7-9H,3-6H2,1-2H3,(H,15,16). The number of aromatic nitrogens is 1. The molecule has 4 nitrogen and oxygen atoms in total. The molecule has 0 aromatic carbocycles. The number of carbonyl (C=O) groups is 1. The van der Waals surface area contributed by atoms with Gasteiger partial charge in [0, 0.05) is 25.0 Å². The normalized spacial score (nSPS) is 26.0. The second-order valence-corrected chi connectivity index (χ2v) is 5.95. The van der Waals surface area contributed by atoms with Crippen LogP contribution >= 0.6 is 11.3 Å². The fraction of sp³-hybridized carbons (Fsp3) is 0.667. The van der Waals surface area contributed by atoms with Gasteiger partial charge in [-0.25, -0.2) is 9.78 Å². The molecule has 0 amide bonds. The molecule has 0 radical (unpaired) electrons. The van der Waals surface area contributed by atoms with Gasteiger partial charge in [0.25, 0.3) is 0 Å². The van der Waals surface area contributed by atoms with Crippen molar-refractivity contribution in [1.82, 2.24) is 9.88 Å². The Morgan fingerprint density at radius 3 is 2.71 bits per heavy atom. The molecule has 1 N–H and O–H groups in total. The maximum Gasteiger partial charge on any atom is 0.365 e. The first kappa shape index (κ1) is 12.5. The lowest BCUT2D eigenvalue weighted by Crippen LogP contribution is -2.38. The lowest BCUT2D eigenvalue weighted by atomic mass is 9.92. The second-order valence-electron chi connectivity index (χ2n) is 5.09. The minimum absolute atomic E-state index is 0.193. The minimum atomic E-state index is -0.929. The molecule has 2 atom stereocenters. The Morgan fingerprint density at radius 2 is 2.18 bits per heavy atom. The quantitative estimate of drug-likeness (QED) is 0.899. The van der Waals surface area contributed by atoms with E-state index in [1.54, 1.807) is 0 Å². The molecule has 1 aromatic heterocycles. The van der Waals surface area contributed by atoms with Crippen molar-refractivity contribution in [3.05, 3.63) is 16.1 Å². The third-order valence-corrected chi connectivity index (χ3v) is 3.94. The van der Waals surface area contributed by atoms with Crippen LogP contribution in [0.5, 0.6) is 0 Å². The van der Waals surface area contributed by atoms with Crippen molar-refractivity contribution in [2.75, 3.05) is 13.1 Å². The van der Waals surface area contributed by atoms with Crippen LogP contribution < -0.4 is 0 Å². The van der Waals surface area contributed by atoms with Crippen LogP contribution in [-0.4, -0.2) is 34.0 Å². The maximum atomic E-state index is 10.7. The Bertz CT molecular complexity index is 395. The summed E-state index contributed by atoms with van der Waals surface area (Å²) in [6.45, 7) is 7.49. The van der Waals surface area contributed by atoms with E-state index in [1.807, 2.05) is 5.38 Å². The van der Waals surface area contributed by atoms with Gasteiger partial charge in [0.1, 0.15) is 0 Å². The lowest BCUT2D eigenvalue weighted by Gasteiger charge is -2.34. The average molecular weight is 254 g/mol. The van der Waals surface area contributed by atoms with E-state index >= 15 is 0 Å². The van der Waals surface area contributed by atoms with Crippen LogP contribution in [0.3, 0.4) is 0 Å². The van der Waals surface area contributed by atoms with E-state index in [4.69, 9.17) is 5.11 Å². The van der Waals surface area contributed by atoms with Crippen LogP contribution in [0.25, 0.3) is 0 Å². The molecule has 0 aliphatic carbocycles. The van der Waals surface area contributed by atoms with Crippen LogP contribution in [0.1, 0.15) is 35.8 Å². The molecule has 1 fully saturated rings. The molecule has 1 aliphatic heterocycles. The average Bonchev–Trinajstić information content (AvgIpc) is 2.64. The molecule has 1 aromatic rings. The van der Waals surface area contributed by atoms with E-state index in [1.165, 1.54) is 17.8 Å². The summed E-state index contributed by atoms with van der Waals surface area (Å²) in [6.07, 6.45) is 1.29. The minimum Gasteiger partial charge on any atom is -0.476 e. The van der Waals surface area contributed by atoms with Gasteiger partial charge < -0.3 is 5.11 Å². The van der Waals surface area contributed by atoms with Gasteiger partial charge in [-0.3, -0.25) is 4.90 Å². The topological polar surface area (TPSA) is 53.4 Å². The van der Waals surface area contributed by atoms with Gasteiger partial charge in [0.15, 0.2) is 0 Å². The van der Waals surface area contributed by atoms with Gasteiger partial charge in [-0.2, -0.15) is 0 Å². The summed E-state index contributed by atoms with van der Waals surface area (Å²) in [5, 5.41) is 10.9. The fourth-order valence-corrected chi connectivity index (χ4v) is 3.27. The number of likely N-dealkylation sites (tertiary alicyclic amines) is 1. The van der Waals surface area contributed by atoms with Crippen LogP contribution in [0, 0.1) is 11.8 Å². The number of hydrogen-bond acceptors (Lipinski definition) is 4. The Morgan fingerprint density at radius 1 is 1.53 bits per heavy atom. The SMILES string of the molecule is CC1CC(C)CN(Cc2csc(C(=O)O)n2)C1. The number of hydrogen-bond donors (Lipinski definition) is 1. The molecule has 2 heterocycles. The van der Waals surface area contributed by atoms with Crippen molar-refractivity contribution in [3.63, 3.8) is 0 Å². The third-order valence-electron chi connectivity index (χ3n) is 3.06. The Kier molecular flexibility index (Phi) is 3.79. The number of carboxylic acid groups (broad SMARTS) is 1. The summed E-state index contributed by atoms with van der Waals surface area (Å²) in [6, 6.07) is 0. The van der Waals surface area contributed by atoms with Gasteiger partial charge in [0.2, 0.25) is 5.01 Å². The molecule has 1 aliphatic rings. The zero-order valence-corrected chi connectivity index (χ0v) is 11.0. The summed E-state index contributed by atoms with van der Waals surface area (Å²) in [5.74, 6) is 0.509. The third kappa shape index (κ3) is 3.26. The summed E-state index contributed by atoms with van der Waals surface area (Å²) < 4.78 is 0. The van der Waals surface area contributed by atoms with Gasteiger partial charge in [-0.05, 0) is 18.3 Å². The van der Waals surface area contributed by atoms with Crippen molar-refractivity contribution in [3.8, 4) is 0 Å². The molecule has 1 saturated heterocycles. The van der Waals surface area contributed by atoms with Gasteiger partial charge in [0.05, 0.1) is 5.69 Å². The summed E-state index contributed by atoms with van der Waals surface area (Å²) >= 11 is 1.21. The fourth-order valence-electron chi connectivity index (χ4n) is 2.63. The van der Waals surface area contributed by atoms with E-state index < -0.39 is 5.97 Å². The first-order chi connectivity index (χ1) is 8.04. The second kappa shape index (κ2) is 5.14. The molecule has 94 valence electrons. The van der Waals surface area contributed by atoms with Crippen LogP contribution in [0.15, 0.2) is 5.38 Å². The molecule has 0 bridgehead atoms. The Hall–Kier alpha value is -0.940. The van der Waals surface area contributed by atoms with Crippen LogP contribution in [0.4, 0.5) is 0 Å². The molecule has 0 saturated carbocycles. The summed E-state index contributed by atoms with van der Waals surface area (Å²) in [7, 11) is 0. The van der Waals surface area contributed by atoms with E-state index in [0.717, 1.165) is 37.2 Å². The highest BCUT2D eigenvalue weighted by Crippen LogP contribution is 2.22. The highest BCUT2D eigenvalue weighted by atomic mass is 32.1. The molecular formula is C12H18N2O2S. The van der Waals surface area contributed by atoms with Crippen LogP contribution in [0.2, 0.25) is 0 Å². The molecule has 5 heteroatoms. The number of piperidine rings is 1. The van der Waals surface area contributed by atoms with E-state index in [2.05, 4.69) is 23.7 Å². The van der Waals surface area contributed by atoms with Crippen molar-refractivity contribution in [1.29, 1.82) is 0 Å². The van der Waals surface area contributed by atoms with Gasteiger partial charge in [-0.15, -0.1) is 11.3 Å². The number of carboxylic acids is 1. The molecule has 2 unspecified atom stereocenters. The highest BCUT2D eigenvalue weighted by Gasteiger charge is 2.22. The number of nitrogens with zero attached hydrogens (tertiary/aromatic N) is 2. The predicted octanol–water partition coefficient (Wildman–Crippen LogP) is 2.32. The van der Waals surface area contributed by atoms with E-state index in [0.29, 0.717) is 0 Å². The van der Waals surface area contributed by atoms with Crippen molar-refractivity contribution >= 4 is 17.3 Å². The monoisotopic (exact) mass is 254 g/mol. The van der Waals surface area contributed by atoms with Crippen molar-refractivity contribution in [2.24, 2.45) is 11.8 Å². The Balaban J connectivity index is 1.97. The van der Waals surface area contributed by atoms with Gasteiger partial charge >= 0.3 is 5.97 Å². The lowest BCUT2D eigenvalue weighted by molar-refractivity contribution is 0.0695. The van der Waals surface area contributed by atoms with Crippen LogP contribution in [-0.2, 0) is 6.54 Å². The first-order valence-corrected chi connectivity index (χ1v) is 6.82.